The summed E-state index contributed by atoms with van der Waals surface area (Å²) in [5, 5.41) is 0. The number of hydrogen-bond acceptors (Lipinski definition) is 5. The Morgan fingerprint density at radius 2 is 2.00 bits per heavy atom. The zero-order valence-corrected chi connectivity index (χ0v) is 17.6. The number of para-hydroxylation sites is 2. The number of carbonyl (C=O) groups excluding carboxylic acids is 1. The number of nitrogens with zero attached hydrogens (tertiary/aromatic N) is 2. The van der Waals surface area contributed by atoms with Gasteiger partial charge in [-0.25, -0.2) is 4.98 Å². The molecule has 1 fully saturated rings. The van der Waals surface area contributed by atoms with Crippen LogP contribution in [0.1, 0.15) is 48.7 Å². The highest BCUT2D eigenvalue weighted by atomic mass is 16.5. The molecule has 0 bridgehead atoms. The molecule has 30 heavy (non-hydrogen) atoms. The van der Waals surface area contributed by atoms with Crippen LogP contribution in [0.25, 0.3) is 11.0 Å². The quantitative estimate of drug-likeness (QED) is 0.599. The van der Waals surface area contributed by atoms with Crippen LogP contribution in [0, 0.1) is 0 Å². The number of rotatable bonds is 7. The molecule has 1 aliphatic heterocycles. The van der Waals surface area contributed by atoms with E-state index in [1.807, 2.05) is 31.2 Å². The summed E-state index contributed by atoms with van der Waals surface area (Å²) in [6, 6.07) is 16.7. The van der Waals surface area contributed by atoms with E-state index in [1.165, 1.54) is 12.7 Å². The Balaban J connectivity index is 1.52. The number of H-pyrrole nitrogens is 1. The van der Waals surface area contributed by atoms with E-state index in [0.29, 0.717) is 19.1 Å². The zero-order valence-electron chi connectivity index (χ0n) is 17.6. The summed E-state index contributed by atoms with van der Waals surface area (Å²) in [5.41, 5.74) is 4.41. The number of carbonyl (C=O) groups is 1. The number of methoxy groups -OCH3 is 1. The Bertz CT molecular complexity index is 959. The number of esters is 1. The molecule has 0 spiro atoms. The number of imidazole rings is 1. The predicted octanol–water partition coefficient (Wildman–Crippen LogP) is 4.04. The van der Waals surface area contributed by atoms with Gasteiger partial charge in [0.1, 0.15) is 11.9 Å². The van der Waals surface area contributed by atoms with Crippen LogP contribution >= 0.6 is 0 Å². The Morgan fingerprint density at radius 3 is 2.73 bits per heavy atom. The van der Waals surface area contributed by atoms with Gasteiger partial charge < -0.3 is 14.5 Å². The number of ether oxygens (including phenoxy) is 2. The average Bonchev–Trinajstić information content (AvgIpc) is 3.22. The minimum absolute atomic E-state index is 0.166. The molecule has 1 N–H and O–H groups in total. The fraction of sp³-hybridized carbons (Fsp3) is 0.417. The monoisotopic (exact) mass is 407 g/mol. The maximum atomic E-state index is 11.5. The minimum atomic E-state index is -0.221. The van der Waals surface area contributed by atoms with Crippen molar-refractivity contribution >= 4 is 17.0 Å². The van der Waals surface area contributed by atoms with Crippen molar-refractivity contribution in [3.8, 4) is 0 Å². The predicted molar refractivity (Wildman–Crippen MR) is 116 cm³/mol. The van der Waals surface area contributed by atoms with Crippen LogP contribution < -0.4 is 0 Å². The van der Waals surface area contributed by atoms with Gasteiger partial charge in [-0.05, 0) is 62.0 Å². The molecule has 1 saturated heterocycles. The van der Waals surface area contributed by atoms with Gasteiger partial charge >= 0.3 is 5.97 Å². The summed E-state index contributed by atoms with van der Waals surface area (Å²) < 4.78 is 10.9. The maximum Gasteiger partial charge on any atom is 0.319 e. The maximum absolute atomic E-state index is 11.5. The number of hydrogen-bond donors (Lipinski definition) is 1. The van der Waals surface area contributed by atoms with Gasteiger partial charge in [0.15, 0.2) is 0 Å². The normalized spacial score (nSPS) is 16.6. The third-order valence-corrected chi connectivity index (χ3v) is 5.84. The van der Waals surface area contributed by atoms with E-state index in [4.69, 9.17) is 14.5 Å². The summed E-state index contributed by atoms with van der Waals surface area (Å²) in [6.07, 6.45) is 1.84. The van der Waals surface area contributed by atoms with Gasteiger partial charge in [0.05, 0.1) is 24.7 Å². The van der Waals surface area contributed by atoms with Crippen molar-refractivity contribution in [3.63, 3.8) is 0 Å². The number of likely N-dealkylation sites (tertiary alicyclic amines) is 1. The van der Waals surface area contributed by atoms with Crippen LogP contribution in [0.4, 0.5) is 0 Å². The van der Waals surface area contributed by atoms with Crippen LogP contribution in [0.15, 0.2) is 48.5 Å². The smallest absolute Gasteiger partial charge is 0.319 e. The molecule has 1 atom stereocenters. The lowest BCUT2D eigenvalue weighted by atomic mass is 9.88. The van der Waals surface area contributed by atoms with Crippen molar-refractivity contribution in [1.82, 2.24) is 14.9 Å². The van der Waals surface area contributed by atoms with Gasteiger partial charge in [-0.1, -0.05) is 36.4 Å². The fourth-order valence-electron chi connectivity index (χ4n) is 4.24. The second kappa shape index (κ2) is 9.41. The SMILES string of the molecule is CCOC(c1cccc(C2CCN(CC(=O)OC)CC2)c1)c1nc2ccccc2[nH]1. The average molecular weight is 408 g/mol. The summed E-state index contributed by atoms with van der Waals surface area (Å²) in [6.45, 7) is 4.81. The molecule has 6 heteroatoms. The van der Waals surface area contributed by atoms with E-state index in [9.17, 15) is 4.79 Å². The van der Waals surface area contributed by atoms with Gasteiger partial charge in [-0.3, -0.25) is 9.69 Å². The van der Waals surface area contributed by atoms with Gasteiger partial charge in [-0.15, -0.1) is 0 Å². The summed E-state index contributed by atoms with van der Waals surface area (Å²) in [7, 11) is 1.44. The first-order valence-electron chi connectivity index (χ1n) is 10.6. The van der Waals surface area contributed by atoms with Crippen LogP contribution in [-0.4, -0.2) is 54.2 Å². The molecule has 0 saturated carbocycles. The van der Waals surface area contributed by atoms with Crippen molar-refractivity contribution in [2.24, 2.45) is 0 Å². The molecule has 2 aromatic carbocycles. The molecule has 0 radical (unpaired) electrons. The van der Waals surface area contributed by atoms with E-state index in [2.05, 4.69) is 34.1 Å². The number of aromatic amines is 1. The van der Waals surface area contributed by atoms with Crippen molar-refractivity contribution < 1.29 is 14.3 Å². The number of nitrogens with one attached hydrogen (secondary N) is 1. The number of aromatic nitrogens is 2. The molecule has 0 amide bonds. The molecular formula is C24H29N3O3. The second-order valence-electron chi connectivity index (χ2n) is 7.77. The lowest BCUT2D eigenvalue weighted by molar-refractivity contribution is -0.142. The number of piperidine rings is 1. The number of benzene rings is 2. The second-order valence-corrected chi connectivity index (χ2v) is 7.77. The summed E-state index contributed by atoms with van der Waals surface area (Å²) >= 11 is 0. The van der Waals surface area contributed by atoms with Crippen LogP contribution in [0.3, 0.4) is 0 Å². The summed E-state index contributed by atoms with van der Waals surface area (Å²) in [4.78, 5) is 21.9. The number of fused-ring (bicyclic) bond motifs is 1. The molecule has 1 aromatic heterocycles. The highest BCUT2D eigenvalue weighted by Gasteiger charge is 2.24. The Hall–Kier alpha value is -2.70. The van der Waals surface area contributed by atoms with E-state index < -0.39 is 0 Å². The fourth-order valence-corrected chi connectivity index (χ4v) is 4.24. The molecule has 1 unspecified atom stereocenters. The van der Waals surface area contributed by atoms with Crippen LogP contribution in [0.5, 0.6) is 0 Å². The third kappa shape index (κ3) is 4.55. The highest BCUT2D eigenvalue weighted by molar-refractivity contribution is 5.75. The van der Waals surface area contributed by atoms with E-state index in [0.717, 1.165) is 48.4 Å². The first-order valence-corrected chi connectivity index (χ1v) is 10.6. The third-order valence-electron chi connectivity index (χ3n) is 5.84. The molecule has 158 valence electrons. The zero-order chi connectivity index (χ0) is 20.9. The van der Waals surface area contributed by atoms with Crippen molar-refractivity contribution in [3.05, 3.63) is 65.5 Å². The largest absolute Gasteiger partial charge is 0.468 e. The molecule has 4 rings (SSSR count). The molecular weight excluding hydrogens is 378 g/mol. The van der Waals surface area contributed by atoms with E-state index >= 15 is 0 Å². The van der Waals surface area contributed by atoms with Crippen molar-refractivity contribution in [1.29, 1.82) is 0 Å². The first kappa shape index (κ1) is 20.6. The molecule has 0 aliphatic carbocycles. The summed E-state index contributed by atoms with van der Waals surface area (Å²) in [5.74, 6) is 1.15. The van der Waals surface area contributed by atoms with Crippen LogP contribution in [-0.2, 0) is 14.3 Å². The molecule has 6 nitrogen and oxygen atoms in total. The standard InChI is InChI=1S/C24H29N3O3/c1-3-30-23(24-25-20-9-4-5-10-21(20)26-24)19-8-6-7-18(15-19)17-11-13-27(14-12-17)16-22(28)29-2/h4-10,15,17,23H,3,11-14,16H2,1-2H3,(H,25,26). The first-order chi connectivity index (χ1) is 14.7. The van der Waals surface area contributed by atoms with Gasteiger partial charge in [0.2, 0.25) is 0 Å². The highest BCUT2D eigenvalue weighted by Crippen LogP contribution is 2.32. The van der Waals surface area contributed by atoms with Crippen molar-refractivity contribution in [2.45, 2.75) is 31.8 Å². The van der Waals surface area contributed by atoms with E-state index in [1.54, 1.807) is 0 Å². The van der Waals surface area contributed by atoms with Gasteiger partial charge in [0, 0.05) is 6.61 Å². The Morgan fingerprint density at radius 1 is 1.20 bits per heavy atom. The molecule has 3 aromatic rings. The minimum Gasteiger partial charge on any atom is -0.468 e. The topological polar surface area (TPSA) is 67.4 Å². The van der Waals surface area contributed by atoms with Crippen LogP contribution in [0.2, 0.25) is 0 Å². The Kier molecular flexibility index (Phi) is 6.45. The lowest BCUT2D eigenvalue weighted by Crippen LogP contribution is -2.37. The van der Waals surface area contributed by atoms with E-state index in [-0.39, 0.29) is 12.1 Å². The van der Waals surface area contributed by atoms with Gasteiger partial charge in [-0.2, -0.15) is 0 Å². The lowest BCUT2D eigenvalue weighted by Gasteiger charge is -2.31. The molecule has 1 aliphatic rings. The van der Waals surface area contributed by atoms with Crippen molar-refractivity contribution in [2.75, 3.05) is 33.4 Å². The Labute approximate surface area is 177 Å². The molecule has 2 heterocycles. The van der Waals surface area contributed by atoms with Gasteiger partial charge in [0.25, 0.3) is 0 Å².